The first-order valence-corrected chi connectivity index (χ1v) is 5.22. The zero-order chi connectivity index (χ0) is 9.80. The van der Waals surface area contributed by atoms with Gasteiger partial charge in [-0.05, 0) is 24.5 Å². The quantitative estimate of drug-likeness (QED) is 0.680. The zero-order valence-corrected chi connectivity index (χ0v) is 8.32. The molecule has 2 unspecified atom stereocenters. The first-order valence-electron chi connectivity index (χ1n) is 5.22. The van der Waals surface area contributed by atoms with Crippen LogP contribution in [0.5, 0.6) is 0 Å². The highest BCUT2D eigenvalue weighted by atomic mass is 16.5. The van der Waals surface area contributed by atoms with Gasteiger partial charge in [-0.3, -0.25) is 0 Å². The number of furan rings is 1. The van der Waals surface area contributed by atoms with Gasteiger partial charge < -0.3 is 9.15 Å². The van der Waals surface area contributed by atoms with Crippen LogP contribution >= 0.6 is 0 Å². The van der Waals surface area contributed by atoms with Crippen LogP contribution in [0.2, 0.25) is 5.82 Å². The van der Waals surface area contributed by atoms with E-state index < -0.39 is 0 Å². The molecule has 1 heterocycles. The lowest BCUT2D eigenvalue weighted by Crippen LogP contribution is -2.10. The van der Waals surface area contributed by atoms with E-state index in [1.54, 1.807) is 6.26 Å². The lowest BCUT2D eigenvalue weighted by molar-refractivity contribution is 0.0774. The summed E-state index contributed by atoms with van der Waals surface area (Å²) in [5.41, 5.74) is 0. The summed E-state index contributed by atoms with van der Waals surface area (Å²) in [5, 5.41) is 0. The minimum atomic E-state index is 0.339. The molecule has 1 aliphatic rings. The third kappa shape index (κ3) is 2.41. The third-order valence-electron chi connectivity index (χ3n) is 2.87. The van der Waals surface area contributed by atoms with Gasteiger partial charge in [-0.2, -0.15) is 0 Å². The van der Waals surface area contributed by atoms with Gasteiger partial charge in [0.15, 0.2) is 0 Å². The molecular weight excluding hydrogens is 175 g/mol. The third-order valence-corrected chi connectivity index (χ3v) is 2.87. The first-order chi connectivity index (χ1) is 6.86. The number of rotatable bonds is 4. The molecule has 2 rings (SSSR count). The molecule has 1 aromatic heterocycles. The maximum atomic E-state index is 5.93. The van der Waals surface area contributed by atoms with Crippen molar-refractivity contribution >= 4 is 7.85 Å². The standard InChI is InChI=1S/C11H15BO2/c12-11-5-1-3-9(11)7-13-8-10-4-2-6-14-10/h2,4,6,9,11H,1,3,5,7-8H2. The Morgan fingerprint density at radius 1 is 1.50 bits per heavy atom. The van der Waals surface area contributed by atoms with Crippen molar-refractivity contribution in [1.29, 1.82) is 0 Å². The van der Waals surface area contributed by atoms with Gasteiger partial charge in [0.25, 0.3) is 0 Å². The van der Waals surface area contributed by atoms with Crippen molar-refractivity contribution in [1.82, 2.24) is 0 Å². The fraction of sp³-hybridized carbons (Fsp3) is 0.636. The molecule has 3 heteroatoms. The molecule has 1 saturated carbocycles. The summed E-state index contributed by atoms with van der Waals surface area (Å²) in [6.45, 7) is 1.33. The van der Waals surface area contributed by atoms with E-state index in [2.05, 4.69) is 0 Å². The second-order valence-electron chi connectivity index (χ2n) is 3.95. The van der Waals surface area contributed by atoms with Gasteiger partial charge in [0.1, 0.15) is 12.4 Å². The summed E-state index contributed by atoms with van der Waals surface area (Å²) in [5.74, 6) is 1.77. The monoisotopic (exact) mass is 190 g/mol. The molecule has 0 aliphatic heterocycles. The van der Waals surface area contributed by atoms with E-state index >= 15 is 0 Å². The number of hydrogen-bond acceptors (Lipinski definition) is 2. The minimum absolute atomic E-state index is 0.339. The van der Waals surface area contributed by atoms with Crippen LogP contribution < -0.4 is 0 Å². The maximum absolute atomic E-state index is 5.93. The zero-order valence-electron chi connectivity index (χ0n) is 8.32. The van der Waals surface area contributed by atoms with E-state index in [1.165, 1.54) is 12.8 Å². The summed E-state index contributed by atoms with van der Waals surface area (Å²) in [6.07, 6.45) is 5.27. The second kappa shape index (κ2) is 4.69. The molecule has 14 heavy (non-hydrogen) atoms. The van der Waals surface area contributed by atoms with Crippen molar-refractivity contribution in [2.75, 3.05) is 6.61 Å². The van der Waals surface area contributed by atoms with Crippen LogP contribution in [0.25, 0.3) is 0 Å². The lowest BCUT2D eigenvalue weighted by Gasteiger charge is -2.14. The SMILES string of the molecule is [B]C1CCCC1COCc1ccco1. The van der Waals surface area contributed by atoms with E-state index in [4.69, 9.17) is 17.0 Å². The maximum Gasteiger partial charge on any atom is 0.129 e. The van der Waals surface area contributed by atoms with Gasteiger partial charge in [-0.25, -0.2) is 0 Å². The van der Waals surface area contributed by atoms with Crippen molar-refractivity contribution in [3.05, 3.63) is 24.2 Å². The Kier molecular flexibility index (Phi) is 3.30. The summed E-state index contributed by atoms with van der Waals surface area (Å²) < 4.78 is 10.7. The van der Waals surface area contributed by atoms with E-state index in [0.717, 1.165) is 18.8 Å². The summed E-state index contributed by atoms with van der Waals surface area (Å²) in [4.78, 5) is 0. The normalized spacial score (nSPS) is 26.9. The van der Waals surface area contributed by atoms with Crippen LogP contribution in [0.3, 0.4) is 0 Å². The van der Waals surface area contributed by atoms with Gasteiger partial charge in [0, 0.05) is 6.61 Å². The van der Waals surface area contributed by atoms with Crippen molar-refractivity contribution in [3.63, 3.8) is 0 Å². The molecule has 0 aromatic carbocycles. The summed E-state index contributed by atoms with van der Waals surface area (Å²) >= 11 is 0. The topological polar surface area (TPSA) is 22.4 Å². The van der Waals surface area contributed by atoms with E-state index in [0.29, 0.717) is 18.3 Å². The van der Waals surface area contributed by atoms with Gasteiger partial charge >= 0.3 is 0 Å². The van der Waals surface area contributed by atoms with Crippen molar-refractivity contribution in [2.24, 2.45) is 5.92 Å². The fourth-order valence-electron chi connectivity index (χ4n) is 1.98. The van der Waals surface area contributed by atoms with Gasteiger partial charge in [-0.15, -0.1) is 0 Å². The molecule has 1 aromatic rings. The highest BCUT2D eigenvalue weighted by molar-refractivity contribution is 6.12. The predicted octanol–water partition coefficient (Wildman–Crippen LogP) is 2.55. The number of ether oxygens (including phenoxy) is 1. The molecule has 1 aliphatic carbocycles. The second-order valence-corrected chi connectivity index (χ2v) is 3.95. The van der Waals surface area contributed by atoms with E-state index in [1.807, 2.05) is 12.1 Å². The molecular formula is C11H15BO2. The Balaban J connectivity index is 1.68. The highest BCUT2D eigenvalue weighted by Crippen LogP contribution is 2.34. The van der Waals surface area contributed by atoms with Gasteiger partial charge in [0.2, 0.25) is 0 Å². The van der Waals surface area contributed by atoms with Crippen LogP contribution in [0.1, 0.15) is 25.0 Å². The average Bonchev–Trinajstić information content (AvgIpc) is 2.78. The van der Waals surface area contributed by atoms with E-state index in [-0.39, 0.29) is 0 Å². The van der Waals surface area contributed by atoms with Crippen LogP contribution in [0.4, 0.5) is 0 Å². The molecule has 74 valence electrons. The van der Waals surface area contributed by atoms with Crippen LogP contribution in [-0.4, -0.2) is 14.5 Å². The molecule has 0 saturated heterocycles. The largest absolute Gasteiger partial charge is 0.467 e. The van der Waals surface area contributed by atoms with Crippen LogP contribution in [0, 0.1) is 5.92 Å². The Labute approximate surface area is 86.0 Å². The molecule has 0 amide bonds. The lowest BCUT2D eigenvalue weighted by atomic mass is 9.79. The van der Waals surface area contributed by atoms with Crippen molar-refractivity contribution < 1.29 is 9.15 Å². The van der Waals surface area contributed by atoms with Gasteiger partial charge in [-0.1, -0.05) is 18.7 Å². The Morgan fingerprint density at radius 3 is 3.07 bits per heavy atom. The van der Waals surface area contributed by atoms with E-state index in [9.17, 15) is 0 Å². The smallest absolute Gasteiger partial charge is 0.129 e. The molecule has 0 spiro atoms. The summed E-state index contributed by atoms with van der Waals surface area (Å²) in [6, 6.07) is 3.80. The highest BCUT2D eigenvalue weighted by Gasteiger charge is 2.22. The van der Waals surface area contributed by atoms with Crippen molar-refractivity contribution in [2.45, 2.75) is 31.7 Å². The van der Waals surface area contributed by atoms with Crippen LogP contribution in [0.15, 0.2) is 22.8 Å². The molecule has 2 nitrogen and oxygen atoms in total. The Morgan fingerprint density at radius 2 is 2.43 bits per heavy atom. The molecule has 1 fully saturated rings. The first kappa shape index (κ1) is 9.84. The molecule has 0 bridgehead atoms. The van der Waals surface area contributed by atoms with Gasteiger partial charge in [0.05, 0.1) is 14.1 Å². The van der Waals surface area contributed by atoms with Crippen molar-refractivity contribution in [3.8, 4) is 0 Å². The summed E-state index contributed by atoms with van der Waals surface area (Å²) in [7, 11) is 5.93. The number of hydrogen-bond donors (Lipinski definition) is 0. The average molecular weight is 190 g/mol. The fourth-order valence-corrected chi connectivity index (χ4v) is 1.98. The molecule has 2 atom stereocenters. The Bertz CT molecular complexity index is 258. The predicted molar refractivity (Wildman–Crippen MR) is 55.2 cm³/mol. The molecule has 2 radical (unpaired) electrons. The van der Waals surface area contributed by atoms with Crippen LogP contribution in [-0.2, 0) is 11.3 Å². The molecule has 0 N–H and O–H groups in total. The minimum Gasteiger partial charge on any atom is -0.467 e. The Hall–Kier alpha value is -0.695.